The Morgan fingerprint density at radius 2 is 2.05 bits per heavy atom. The van der Waals surface area contributed by atoms with E-state index in [-0.39, 0.29) is 25.1 Å². The van der Waals surface area contributed by atoms with E-state index in [2.05, 4.69) is 10.6 Å². The number of carbonyl (C=O) groups excluding carboxylic acids is 2. The summed E-state index contributed by atoms with van der Waals surface area (Å²) in [4.78, 5) is 25.2. The minimum absolute atomic E-state index is 0.0258. The first-order chi connectivity index (χ1) is 9.70. The number of nitrogens with one attached hydrogen (secondary N) is 2. The van der Waals surface area contributed by atoms with E-state index in [4.69, 9.17) is 5.11 Å². The number of rotatable bonds is 4. The van der Waals surface area contributed by atoms with Crippen LogP contribution in [0.1, 0.15) is 12.8 Å². The molecule has 0 radical (unpaired) electrons. The van der Waals surface area contributed by atoms with E-state index in [0.29, 0.717) is 12.2 Å². The highest BCUT2D eigenvalue weighted by atomic mass is 16.3. The standard InChI is InChI=1S/C14H19N3O3/c18-10-12-7-4-8-17(12)13(19)9-15-14(20)16-11-5-2-1-3-6-11/h1-3,5-6,12,18H,4,7-10H2,(H2,15,16,20)/t12-/m1/s1. The summed E-state index contributed by atoms with van der Waals surface area (Å²) < 4.78 is 0. The fourth-order valence-corrected chi connectivity index (χ4v) is 2.31. The van der Waals surface area contributed by atoms with Crippen LogP contribution in [0.2, 0.25) is 0 Å². The number of amides is 3. The number of para-hydroxylation sites is 1. The molecular weight excluding hydrogens is 258 g/mol. The van der Waals surface area contributed by atoms with E-state index in [1.165, 1.54) is 0 Å². The molecule has 1 aromatic rings. The highest BCUT2D eigenvalue weighted by Crippen LogP contribution is 2.16. The molecular formula is C14H19N3O3. The maximum Gasteiger partial charge on any atom is 0.319 e. The largest absolute Gasteiger partial charge is 0.394 e. The third kappa shape index (κ3) is 3.71. The second kappa shape index (κ2) is 6.91. The summed E-state index contributed by atoms with van der Waals surface area (Å²) in [6.45, 7) is 0.559. The van der Waals surface area contributed by atoms with Gasteiger partial charge in [-0.05, 0) is 25.0 Å². The number of anilines is 1. The van der Waals surface area contributed by atoms with Crippen molar-refractivity contribution in [3.8, 4) is 0 Å². The number of benzene rings is 1. The molecule has 3 amide bonds. The maximum atomic E-state index is 11.9. The Morgan fingerprint density at radius 3 is 2.75 bits per heavy atom. The molecule has 0 unspecified atom stereocenters. The smallest absolute Gasteiger partial charge is 0.319 e. The number of nitrogens with zero attached hydrogens (tertiary/aromatic N) is 1. The molecule has 0 bridgehead atoms. The molecule has 0 spiro atoms. The molecule has 6 nitrogen and oxygen atoms in total. The van der Waals surface area contributed by atoms with Gasteiger partial charge in [-0.1, -0.05) is 18.2 Å². The van der Waals surface area contributed by atoms with Gasteiger partial charge < -0.3 is 20.6 Å². The number of aliphatic hydroxyl groups is 1. The zero-order valence-electron chi connectivity index (χ0n) is 11.2. The molecule has 0 saturated carbocycles. The Labute approximate surface area is 117 Å². The molecule has 1 saturated heterocycles. The summed E-state index contributed by atoms with van der Waals surface area (Å²) >= 11 is 0. The topological polar surface area (TPSA) is 81.7 Å². The van der Waals surface area contributed by atoms with Gasteiger partial charge in [-0.25, -0.2) is 4.79 Å². The number of urea groups is 1. The lowest BCUT2D eigenvalue weighted by atomic mass is 10.2. The molecule has 0 aromatic heterocycles. The van der Waals surface area contributed by atoms with E-state index in [1.807, 2.05) is 18.2 Å². The van der Waals surface area contributed by atoms with Crippen LogP contribution in [-0.4, -0.2) is 47.7 Å². The quantitative estimate of drug-likeness (QED) is 0.761. The summed E-state index contributed by atoms with van der Waals surface area (Å²) in [6.07, 6.45) is 1.71. The van der Waals surface area contributed by atoms with Gasteiger partial charge in [0, 0.05) is 12.2 Å². The van der Waals surface area contributed by atoms with Crippen molar-refractivity contribution in [3.05, 3.63) is 30.3 Å². The lowest BCUT2D eigenvalue weighted by Gasteiger charge is -2.23. The molecule has 0 aliphatic carbocycles. The SMILES string of the molecule is O=C(NCC(=O)N1CCC[C@@H]1CO)Nc1ccccc1. The van der Waals surface area contributed by atoms with Crippen molar-refractivity contribution in [1.29, 1.82) is 0 Å². The number of hydrogen-bond donors (Lipinski definition) is 3. The van der Waals surface area contributed by atoms with Crippen molar-refractivity contribution >= 4 is 17.6 Å². The van der Waals surface area contributed by atoms with Gasteiger partial charge in [-0.2, -0.15) is 0 Å². The van der Waals surface area contributed by atoms with Crippen molar-refractivity contribution in [2.24, 2.45) is 0 Å². The van der Waals surface area contributed by atoms with Crippen molar-refractivity contribution in [2.75, 3.05) is 25.0 Å². The second-order valence-corrected chi connectivity index (χ2v) is 4.74. The first-order valence-electron chi connectivity index (χ1n) is 6.71. The maximum absolute atomic E-state index is 11.9. The Hall–Kier alpha value is -2.08. The Kier molecular flexibility index (Phi) is 4.95. The average molecular weight is 277 g/mol. The van der Waals surface area contributed by atoms with Crippen molar-refractivity contribution < 1.29 is 14.7 Å². The van der Waals surface area contributed by atoms with Crippen LogP contribution >= 0.6 is 0 Å². The van der Waals surface area contributed by atoms with Crippen molar-refractivity contribution in [1.82, 2.24) is 10.2 Å². The van der Waals surface area contributed by atoms with E-state index < -0.39 is 6.03 Å². The lowest BCUT2D eigenvalue weighted by Crippen LogP contribution is -2.44. The van der Waals surface area contributed by atoms with E-state index in [1.54, 1.807) is 17.0 Å². The monoisotopic (exact) mass is 277 g/mol. The van der Waals surface area contributed by atoms with Crippen LogP contribution in [0.4, 0.5) is 10.5 Å². The summed E-state index contributed by atoms with van der Waals surface area (Å²) in [5, 5.41) is 14.3. The fourth-order valence-electron chi connectivity index (χ4n) is 2.31. The van der Waals surface area contributed by atoms with Gasteiger partial charge in [0.1, 0.15) is 0 Å². The van der Waals surface area contributed by atoms with Crippen molar-refractivity contribution in [3.63, 3.8) is 0 Å². The van der Waals surface area contributed by atoms with E-state index in [0.717, 1.165) is 12.8 Å². The zero-order valence-corrected chi connectivity index (χ0v) is 11.2. The van der Waals surface area contributed by atoms with Gasteiger partial charge in [-0.15, -0.1) is 0 Å². The van der Waals surface area contributed by atoms with Crippen LogP contribution in [0, 0.1) is 0 Å². The van der Waals surface area contributed by atoms with Gasteiger partial charge in [0.15, 0.2) is 0 Å². The summed E-state index contributed by atoms with van der Waals surface area (Å²) in [5.41, 5.74) is 0.673. The Balaban J connectivity index is 1.77. The van der Waals surface area contributed by atoms with Crippen LogP contribution in [0.5, 0.6) is 0 Å². The number of aliphatic hydroxyl groups excluding tert-OH is 1. The third-order valence-electron chi connectivity index (χ3n) is 3.34. The molecule has 1 aliphatic heterocycles. The van der Waals surface area contributed by atoms with Gasteiger partial charge in [-0.3, -0.25) is 4.79 Å². The van der Waals surface area contributed by atoms with Crippen molar-refractivity contribution in [2.45, 2.75) is 18.9 Å². The number of hydrogen-bond acceptors (Lipinski definition) is 3. The predicted octanol–water partition coefficient (Wildman–Crippen LogP) is 0.791. The molecule has 1 heterocycles. The summed E-state index contributed by atoms with van der Waals surface area (Å²) in [6, 6.07) is 8.50. The molecule has 1 fully saturated rings. The van der Waals surface area contributed by atoms with E-state index in [9.17, 15) is 9.59 Å². The minimum atomic E-state index is -0.413. The first-order valence-corrected chi connectivity index (χ1v) is 6.71. The summed E-state index contributed by atoms with van der Waals surface area (Å²) in [5.74, 6) is -0.162. The van der Waals surface area contributed by atoms with Gasteiger partial charge in [0.05, 0.1) is 19.2 Å². The molecule has 108 valence electrons. The lowest BCUT2D eigenvalue weighted by molar-refractivity contribution is -0.131. The normalized spacial score (nSPS) is 17.9. The zero-order chi connectivity index (χ0) is 14.4. The highest BCUT2D eigenvalue weighted by Gasteiger charge is 2.27. The molecule has 6 heteroatoms. The van der Waals surface area contributed by atoms with Crippen LogP contribution in [0.3, 0.4) is 0 Å². The van der Waals surface area contributed by atoms with Gasteiger partial charge in [0.2, 0.25) is 5.91 Å². The fraction of sp³-hybridized carbons (Fsp3) is 0.429. The van der Waals surface area contributed by atoms with Crippen LogP contribution in [0.25, 0.3) is 0 Å². The first kappa shape index (κ1) is 14.3. The van der Waals surface area contributed by atoms with Gasteiger partial charge in [0.25, 0.3) is 0 Å². The van der Waals surface area contributed by atoms with Crippen LogP contribution < -0.4 is 10.6 Å². The minimum Gasteiger partial charge on any atom is -0.394 e. The summed E-state index contributed by atoms with van der Waals surface area (Å²) in [7, 11) is 0. The van der Waals surface area contributed by atoms with Gasteiger partial charge >= 0.3 is 6.03 Å². The highest BCUT2D eigenvalue weighted by molar-refractivity contribution is 5.92. The molecule has 2 rings (SSSR count). The average Bonchev–Trinajstić information content (AvgIpc) is 2.94. The third-order valence-corrected chi connectivity index (χ3v) is 3.34. The molecule has 20 heavy (non-hydrogen) atoms. The number of carbonyl (C=O) groups is 2. The van der Waals surface area contributed by atoms with Crippen LogP contribution in [-0.2, 0) is 4.79 Å². The molecule has 3 N–H and O–H groups in total. The Morgan fingerprint density at radius 1 is 1.30 bits per heavy atom. The molecule has 1 atom stereocenters. The van der Waals surface area contributed by atoms with Crippen LogP contribution in [0.15, 0.2) is 30.3 Å². The molecule has 1 aromatic carbocycles. The molecule has 1 aliphatic rings. The van der Waals surface area contributed by atoms with E-state index >= 15 is 0 Å². The second-order valence-electron chi connectivity index (χ2n) is 4.74. The Bertz CT molecular complexity index is 464. The predicted molar refractivity (Wildman–Crippen MR) is 75.3 cm³/mol. The number of likely N-dealkylation sites (tertiary alicyclic amines) is 1.